The number of sulfone groups is 1. The van der Waals surface area contributed by atoms with Crippen LogP contribution in [0.2, 0.25) is 0 Å². The first-order chi connectivity index (χ1) is 12.6. The number of aliphatic hydroxyl groups excluding tert-OH is 1. The maximum atomic E-state index is 12.3. The number of aliphatic hydroxyl groups is 1. The highest BCUT2D eigenvalue weighted by Crippen LogP contribution is 2.22. The largest absolute Gasteiger partial charge is 0.390 e. The molecule has 0 aliphatic heterocycles. The van der Waals surface area contributed by atoms with Gasteiger partial charge >= 0.3 is 0 Å². The van der Waals surface area contributed by atoms with Gasteiger partial charge < -0.3 is 9.67 Å². The molecule has 3 N–H and O–H groups in total. The number of nitrogens with zero attached hydrogens (tertiary/aromatic N) is 2. The van der Waals surface area contributed by atoms with E-state index in [1.165, 1.54) is 35.4 Å². The van der Waals surface area contributed by atoms with Crippen LogP contribution in [0, 0.1) is 0 Å². The van der Waals surface area contributed by atoms with Crippen LogP contribution < -0.4 is 11.0 Å². The van der Waals surface area contributed by atoms with Crippen LogP contribution in [0.4, 0.5) is 0 Å². The number of aromatic nitrogens is 2. The molecule has 1 amide bonds. The predicted octanol–water partition coefficient (Wildman–Crippen LogP) is 0.101. The molecule has 0 fully saturated rings. The molecule has 0 aliphatic rings. The van der Waals surface area contributed by atoms with E-state index in [2.05, 4.69) is 4.98 Å². The molecule has 0 spiro atoms. The third-order valence-electron chi connectivity index (χ3n) is 4.55. The van der Waals surface area contributed by atoms with Crippen LogP contribution in [0.15, 0.2) is 41.5 Å². The number of hydroxylamine groups is 1. The summed E-state index contributed by atoms with van der Waals surface area (Å²) >= 11 is 0. The molecule has 0 bridgehead atoms. The molecule has 0 saturated carbocycles. The summed E-state index contributed by atoms with van der Waals surface area (Å²) in [5.41, 5.74) is 2.81. The normalized spacial score (nSPS) is 13.8. The Hall–Kier alpha value is -2.56. The quantitative estimate of drug-likeness (QED) is 0.446. The second-order valence-electron chi connectivity index (χ2n) is 6.34. The SMILES string of the molecule is CC(CCn1ccc(-c2ccc(CO)nc2)cc1=O)(C(=O)NO)S(C)(=O)=O. The second-order valence-corrected chi connectivity index (χ2v) is 8.78. The van der Waals surface area contributed by atoms with Crippen molar-refractivity contribution in [3.05, 3.63) is 52.7 Å². The number of carbonyl (C=O) groups excluding carboxylic acids is 1. The number of carbonyl (C=O) groups is 1. The van der Waals surface area contributed by atoms with Gasteiger partial charge in [-0.2, -0.15) is 0 Å². The molecular weight excluding hydrogens is 374 g/mol. The summed E-state index contributed by atoms with van der Waals surface area (Å²) in [6, 6.07) is 6.41. The van der Waals surface area contributed by atoms with E-state index in [1.807, 2.05) is 0 Å². The van der Waals surface area contributed by atoms with Crippen LogP contribution in [0.5, 0.6) is 0 Å². The van der Waals surface area contributed by atoms with Gasteiger partial charge in [0, 0.05) is 36.8 Å². The van der Waals surface area contributed by atoms with Crippen LogP contribution >= 0.6 is 0 Å². The van der Waals surface area contributed by atoms with Gasteiger partial charge in [0.25, 0.3) is 11.5 Å². The fourth-order valence-corrected chi connectivity index (χ4v) is 3.32. The lowest BCUT2D eigenvalue weighted by atomic mass is 10.1. The number of hydrogen-bond donors (Lipinski definition) is 3. The fraction of sp³-hybridized carbons (Fsp3) is 0.353. The minimum atomic E-state index is -3.83. The Morgan fingerprint density at radius 1 is 1.30 bits per heavy atom. The minimum absolute atomic E-state index is 0.0300. The Morgan fingerprint density at radius 2 is 2.00 bits per heavy atom. The Bertz CT molecular complexity index is 984. The molecule has 2 aromatic rings. The van der Waals surface area contributed by atoms with E-state index >= 15 is 0 Å². The zero-order valence-electron chi connectivity index (χ0n) is 14.9. The summed E-state index contributed by atoms with van der Waals surface area (Å²) < 4.78 is 23.3. The summed E-state index contributed by atoms with van der Waals surface area (Å²) in [5, 5.41) is 17.8. The topological polar surface area (TPSA) is 139 Å². The molecule has 10 heteroatoms. The first-order valence-corrected chi connectivity index (χ1v) is 9.92. The van der Waals surface area contributed by atoms with Crippen LogP contribution in [0.25, 0.3) is 11.1 Å². The van der Waals surface area contributed by atoms with Gasteiger partial charge in [0.05, 0.1) is 12.3 Å². The summed E-state index contributed by atoms with van der Waals surface area (Å²) in [6.07, 6.45) is 3.75. The molecule has 27 heavy (non-hydrogen) atoms. The van der Waals surface area contributed by atoms with Gasteiger partial charge in [-0.3, -0.25) is 19.8 Å². The van der Waals surface area contributed by atoms with Crippen molar-refractivity contribution in [1.82, 2.24) is 15.0 Å². The number of hydrogen-bond acceptors (Lipinski definition) is 7. The first-order valence-electron chi connectivity index (χ1n) is 8.03. The van der Waals surface area contributed by atoms with Gasteiger partial charge in [-0.1, -0.05) is 6.07 Å². The van der Waals surface area contributed by atoms with Crippen molar-refractivity contribution >= 4 is 15.7 Å². The zero-order chi connectivity index (χ0) is 20.2. The van der Waals surface area contributed by atoms with Gasteiger partial charge in [-0.15, -0.1) is 0 Å². The van der Waals surface area contributed by atoms with E-state index in [4.69, 9.17) is 10.3 Å². The lowest BCUT2D eigenvalue weighted by molar-refractivity contribution is -0.131. The van der Waals surface area contributed by atoms with Crippen molar-refractivity contribution in [2.75, 3.05) is 6.26 Å². The number of nitrogens with one attached hydrogen (secondary N) is 1. The van der Waals surface area contributed by atoms with Gasteiger partial charge in [-0.25, -0.2) is 13.9 Å². The summed E-state index contributed by atoms with van der Waals surface area (Å²) in [7, 11) is -3.83. The third-order valence-corrected chi connectivity index (χ3v) is 6.57. The average molecular weight is 395 g/mol. The van der Waals surface area contributed by atoms with Crippen molar-refractivity contribution in [2.45, 2.75) is 31.2 Å². The molecule has 0 aliphatic carbocycles. The predicted molar refractivity (Wildman–Crippen MR) is 97.7 cm³/mol. The van der Waals surface area contributed by atoms with E-state index in [-0.39, 0.29) is 25.1 Å². The van der Waals surface area contributed by atoms with Crippen molar-refractivity contribution in [3.63, 3.8) is 0 Å². The monoisotopic (exact) mass is 395 g/mol. The van der Waals surface area contributed by atoms with Crippen LogP contribution in [-0.2, 0) is 27.8 Å². The van der Waals surface area contributed by atoms with Gasteiger partial charge in [0.2, 0.25) is 0 Å². The van der Waals surface area contributed by atoms with E-state index < -0.39 is 20.5 Å². The van der Waals surface area contributed by atoms with E-state index in [1.54, 1.807) is 18.2 Å². The van der Waals surface area contributed by atoms with Gasteiger partial charge in [0.15, 0.2) is 14.6 Å². The smallest absolute Gasteiger partial charge is 0.264 e. The van der Waals surface area contributed by atoms with Gasteiger partial charge in [-0.05, 0) is 31.0 Å². The highest BCUT2D eigenvalue weighted by molar-refractivity contribution is 7.92. The minimum Gasteiger partial charge on any atom is -0.390 e. The Balaban J connectivity index is 2.25. The van der Waals surface area contributed by atoms with Crippen LogP contribution in [0.1, 0.15) is 19.0 Å². The van der Waals surface area contributed by atoms with Crippen LogP contribution in [0.3, 0.4) is 0 Å². The molecule has 146 valence electrons. The van der Waals surface area contributed by atoms with Crippen LogP contribution in [-0.4, -0.2) is 45.2 Å². The van der Waals surface area contributed by atoms with E-state index in [0.717, 1.165) is 6.26 Å². The van der Waals surface area contributed by atoms with Crippen molar-refractivity contribution in [3.8, 4) is 11.1 Å². The second kappa shape index (κ2) is 7.99. The van der Waals surface area contributed by atoms with E-state index in [0.29, 0.717) is 16.8 Å². The zero-order valence-corrected chi connectivity index (χ0v) is 15.7. The standard InChI is InChI=1S/C17H21N3O6S/c1-17(16(23)19-24,27(2,25)26)6-8-20-7-5-12(9-15(20)22)13-3-4-14(11-21)18-10-13/h3-5,7,9-10,21,24H,6,8,11H2,1-2H3,(H,19,23). The van der Waals surface area contributed by atoms with Crippen molar-refractivity contribution in [2.24, 2.45) is 0 Å². The first kappa shape index (κ1) is 20.7. The Kier molecular flexibility index (Phi) is 6.14. The number of aryl methyl sites for hydroxylation is 1. The fourth-order valence-electron chi connectivity index (χ4n) is 2.48. The van der Waals surface area contributed by atoms with Crippen molar-refractivity contribution in [1.29, 1.82) is 0 Å². The van der Waals surface area contributed by atoms with E-state index in [9.17, 15) is 18.0 Å². The maximum absolute atomic E-state index is 12.3. The summed E-state index contributed by atoms with van der Waals surface area (Å²) in [6.45, 7) is 0.988. The maximum Gasteiger partial charge on any atom is 0.264 e. The number of rotatable bonds is 7. The van der Waals surface area contributed by atoms with Crippen molar-refractivity contribution < 1.29 is 23.5 Å². The summed E-state index contributed by atoms with van der Waals surface area (Å²) in [5.74, 6) is -1.05. The Morgan fingerprint density at radius 3 is 2.48 bits per heavy atom. The molecule has 2 heterocycles. The molecule has 0 aromatic carbocycles. The third kappa shape index (κ3) is 4.41. The summed E-state index contributed by atoms with van der Waals surface area (Å²) in [4.78, 5) is 28.2. The molecule has 9 nitrogen and oxygen atoms in total. The highest BCUT2D eigenvalue weighted by Gasteiger charge is 2.43. The lowest BCUT2D eigenvalue weighted by Crippen LogP contribution is -2.49. The number of pyridine rings is 2. The molecule has 0 saturated heterocycles. The molecule has 2 rings (SSSR count). The van der Waals surface area contributed by atoms with Gasteiger partial charge in [0.1, 0.15) is 0 Å². The average Bonchev–Trinajstić information content (AvgIpc) is 2.65. The Labute approximate surface area is 156 Å². The molecule has 0 radical (unpaired) electrons. The lowest BCUT2D eigenvalue weighted by Gasteiger charge is -2.25. The molecular formula is C17H21N3O6S. The number of amides is 1. The molecule has 1 unspecified atom stereocenters. The molecule has 2 aromatic heterocycles. The highest BCUT2D eigenvalue weighted by atomic mass is 32.2. The molecule has 1 atom stereocenters.